The minimum atomic E-state index is -0.211. The van der Waals surface area contributed by atoms with Gasteiger partial charge in [0, 0.05) is 38.2 Å². The summed E-state index contributed by atoms with van der Waals surface area (Å²) in [6.07, 6.45) is 5.35. The van der Waals surface area contributed by atoms with Gasteiger partial charge >= 0.3 is 0 Å². The minimum absolute atomic E-state index is 0.211. The summed E-state index contributed by atoms with van der Waals surface area (Å²) in [7, 11) is 0. The highest BCUT2D eigenvalue weighted by atomic mass is 19.1. The van der Waals surface area contributed by atoms with Crippen LogP contribution in [0.4, 0.5) is 4.39 Å². The van der Waals surface area contributed by atoms with Crippen molar-refractivity contribution >= 4 is 10.9 Å². The van der Waals surface area contributed by atoms with Crippen LogP contribution in [0, 0.1) is 5.82 Å². The number of hydrogen-bond donors (Lipinski definition) is 0. The molecule has 5 heteroatoms. The number of aromatic nitrogens is 1. The van der Waals surface area contributed by atoms with Gasteiger partial charge in [-0.05, 0) is 56.6 Å². The Labute approximate surface area is 154 Å². The molecule has 2 aromatic rings. The second-order valence-electron chi connectivity index (χ2n) is 7.58. The molecule has 4 rings (SSSR count). The number of nitrogens with zero attached hydrogens (tertiary/aromatic N) is 3. The molecule has 0 N–H and O–H groups in total. The summed E-state index contributed by atoms with van der Waals surface area (Å²) < 4.78 is 19.4. The number of likely N-dealkylation sites (tertiary alicyclic amines) is 1. The summed E-state index contributed by atoms with van der Waals surface area (Å²) >= 11 is 0. The van der Waals surface area contributed by atoms with Gasteiger partial charge in [0.15, 0.2) is 0 Å². The Hall–Kier alpha value is -1.56. The molecule has 2 fully saturated rings. The number of ether oxygens (including phenoxy) is 1. The number of halogens is 1. The molecule has 1 atom stereocenters. The third-order valence-electron chi connectivity index (χ3n) is 5.44. The first-order valence-electron chi connectivity index (χ1n) is 9.88. The summed E-state index contributed by atoms with van der Waals surface area (Å²) in [5, 5.41) is 0.857. The lowest BCUT2D eigenvalue weighted by Crippen LogP contribution is -2.42. The van der Waals surface area contributed by atoms with Gasteiger partial charge in [0.2, 0.25) is 0 Å². The van der Waals surface area contributed by atoms with E-state index < -0.39 is 0 Å². The topological polar surface area (TPSA) is 28.6 Å². The Kier molecular flexibility index (Phi) is 5.78. The van der Waals surface area contributed by atoms with Gasteiger partial charge in [0.25, 0.3) is 0 Å². The van der Waals surface area contributed by atoms with E-state index in [4.69, 9.17) is 9.72 Å². The molecule has 0 saturated carbocycles. The van der Waals surface area contributed by atoms with Crippen LogP contribution in [0.3, 0.4) is 0 Å². The van der Waals surface area contributed by atoms with Crippen LogP contribution in [0.5, 0.6) is 0 Å². The van der Waals surface area contributed by atoms with E-state index in [2.05, 4.69) is 9.80 Å². The van der Waals surface area contributed by atoms with Crippen LogP contribution in [0.25, 0.3) is 10.9 Å². The highest BCUT2D eigenvalue weighted by Gasteiger charge is 2.22. The number of pyridine rings is 1. The Morgan fingerprint density at radius 1 is 1.00 bits per heavy atom. The zero-order valence-corrected chi connectivity index (χ0v) is 15.4. The van der Waals surface area contributed by atoms with E-state index in [1.54, 1.807) is 12.1 Å². The summed E-state index contributed by atoms with van der Waals surface area (Å²) in [6.45, 7) is 7.14. The quantitative estimate of drug-likeness (QED) is 0.838. The Morgan fingerprint density at radius 3 is 2.73 bits per heavy atom. The zero-order valence-electron chi connectivity index (χ0n) is 15.4. The minimum Gasteiger partial charge on any atom is -0.376 e. The molecule has 0 amide bonds. The van der Waals surface area contributed by atoms with Crippen LogP contribution in [0.2, 0.25) is 0 Å². The van der Waals surface area contributed by atoms with Gasteiger partial charge in [-0.15, -0.1) is 0 Å². The Bertz CT molecular complexity index is 732. The molecule has 4 nitrogen and oxygen atoms in total. The molecule has 2 saturated heterocycles. The van der Waals surface area contributed by atoms with Crippen LogP contribution < -0.4 is 0 Å². The van der Waals surface area contributed by atoms with Crippen LogP contribution in [-0.2, 0) is 11.3 Å². The average Bonchev–Trinajstić information content (AvgIpc) is 2.87. The Balaban J connectivity index is 1.40. The van der Waals surface area contributed by atoms with Gasteiger partial charge in [-0.1, -0.05) is 12.5 Å². The fourth-order valence-corrected chi connectivity index (χ4v) is 4.11. The van der Waals surface area contributed by atoms with Gasteiger partial charge in [-0.2, -0.15) is 0 Å². The van der Waals surface area contributed by atoms with Crippen molar-refractivity contribution < 1.29 is 9.13 Å². The second-order valence-corrected chi connectivity index (χ2v) is 7.58. The molecule has 0 bridgehead atoms. The number of hydrogen-bond acceptors (Lipinski definition) is 4. The van der Waals surface area contributed by atoms with Gasteiger partial charge in [-0.3, -0.25) is 9.88 Å². The van der Waals surface area contributed by atoms with Crippen molar-refractivity contribution in [3.05, 3.63) is 41.8 Å². The fourth-order valence-electron chi connectivity index (χ4n) is 4.11. The standard InChI is InChI=1S/C21H28FN3O/c22-18-6-8-21-17(13-18)5-7-19(23-21)14-25-11-4-12-26-20(16-25)15-24-9-2-1-3-10-24/h5-8,13,20H,1-4,9-12,14-16H2/t20-/m0/s1. The smallest absolute Gasteiger partial charge is 0.123 e. The van der Waals surface area contributed by atoms with Crippen molar-refractivity contribution in [1.29, 1.82) is 0 Å². The SMILES string of the molecule is Fc1ccc2nc(CN3CCCO[C@@H](CN4CCCCC4)C3)ccc2c1. The molecule has 1 aromatic heterocycles. The lowest BCUT2D eigenvalue weighted by atomic mass is 10.1. The lowest BCUT2D eigenvalue weighted by molar-refractivity contribution is 0.0216. The van der Waals surface area contributed by atoms with Gasteiger partial charge in [0.05, 0.1) is 17.3 Å². The third-order valence-corrected chi connectivity index (χ3v) is 5.44. The molecule has 2 aliphatic heterocycles. The van der Waals surface area contributed by atoms with Crippen molar-refractivity contribution in [2.75, 3.05) is 39.3 Å². The first-order chi connectivity index (χ1) is 12.8. The molecule has 0 spiro atoms. The number of fused-ring (bicyclic) bond motifs is 1. The van der Waals surface area contributed by atoms with E-state index in [0.717, 1.165) is 55.8 Å². The van der Waals surface area contributed by atoms with Crippen LogP contribution in [0.1, 0.15) is 31.4 Å². The molecule has 2 aliphatic rings. The molecule has 0 radical (unpaired) electrons. The second kappa shape index (κ2) is 8.42. The van der Waals surface area contributed by atoms with E-state index in [1.165, 1.54) is 38.4 Å². The van der Waals surface area contributed by atoms with E-state index in [0.29, 0.717) is 0 Å². The zero-order chi connectivity index (χ0) is 17.8. The van der Waals surface area contributed by atoms with E-state index in [-0.39, 0.29) is 11.9 Å². The van der Waals surface area contributed by atoms with Crippen LogP contribution >= 0.6 is 0 Å². The van der Waals surface area contributed by atoms with E-state index in [1.807, 2.05) is 12.1 Å². The molecule has 0 unspecified atom stereocenters. The highest BCUT2D eigenvalue weighted by Crippen LogP contribution is 2.17. The predicted molar refractivity (Wildman–Crippen MR) is 102 cm³/mol. The Morgan fingerprint density at radius 2 is 1.85 bits per heavy atom. The summed E-state index contributed by atoms with van der Waals surface area (Å²) in [5.74, 6) is -0.211. The van der Waals surface area contributed by atoms with Crippen LogP contribution in [-0.4, -0.2) is 60.2 Å². The molecule has 26 heavy (non-hydrogen) atoms. The molecule has 140 valence electrons. The number of rotatable bonds is 4. The van der Waals surface area contributed by atoms with Crippen molar-refractivity contribution in [2.45, 2.75) is 38.3 Å². The molecule has 3 heterocycles. The fraction of sp³-hybridized carbons (Fsp3) is 0.571. The van der Waals surface area contributed by atoms with Gasteiger partial charge < -0.3 is 9.64 Å². The summed E-state index contributed by atoms with van der Waals surface area (Å²) in [4.78, 5) is 9.74. The van der Waals surface area contributed by atoms with Crippen molar-refractivity contribution in [3.63, 3.8) is 0 Å². The van der Waals surface area contributed by atoms with E-state index in [9.17, 15) is 4.39 Å². The van der Waals surface area contributed by atoms with Crippen molar-refractivity contribution in [3.8, 4) is 0 Å². The molecule has 1 aromatic carbocycles. The molecular weight excluding hydrogens is 329 g/mol. The van der Waals surface area contributed by atoms with Gasteiger partial charge in [0.1, 0.15) is 5.82 Å². The third kappa shape index (κ3) is 4.58. The molecular formula is C21H28FN3O. The van der Waals surface area contributed by atoms with E-state index >= 15 is 0 Å². The number of benzene rings is 1. The first-order valence-corrected chi connectivity index (χ1v) is 9.88. The summed E-state index contributed by atoms with van der Waals surface area (Å²) in [6, 6.07) is 8.78. The van der Waals surface area contributed by atoms with Crippen molar-refractivity contribution in [2.24, 2.45) is 0 Å². The summed E-state index contributed by atoms with van der Waals surface area (Å²) in [5.41, 5.74) is 1.91. The normalized spacial score (nSPS) is 23.2. The lowest BCUT2D eigenvalue weighted by Gasteiger charge is -2.31. The predicted octanol–water partition coefficient (Wildman–Crippen LogP) is 3.45. The van der Waals surface area contributed by atoms with Crippen molar-refractivity contribution in [1.82, 2.24) is 14.8 Å². The maximum atomic E-state index is 13.3. The average molecular weight is 357 g/mol. The monoisotopic (exact) mass is 357 g/mol. The highest BCUT2D eigenvalue weighted by molar-refractivity contribution is 5.78. The maximum absolute atomic E-state index is 13.3. The first kappa shape index (κ1) is 17.8. The van der Waals surface area contributed by atoms with Crippen LogP contribution in [0.15, 0.2) is 30.3 Å². The molecule has 0 aliphatic carbocycles. The maximum Gasteiger partial charge on any atom is 0.123 e. The largest absolute Gasteiger partial charge is 0.376 e. The number of piperidine rings is 1. The van der Waals surface area contributed by atoms with Gasteiger partial charge in [-0.25, -0.2) is 4.39 Å².